The van der Waals surface area contributed by atoms with E-state index in [1.807, 2.05) is 54.6 Å². The molecule has 8 heteroatoms. The second kappa shape index (κ2) is 9.19. The Morgan fingerprint density at radius 3 is 2.09 bits per heavy atom. The third-order valence-corrected chi connectivity index (χ3v) is 8.49. The predicted molar refractivity (Wildman–Crippen MR) is 128 cm³/mol. The molecule has 2 heterocycles. The average molecular weight is 480 g/mol. The van der Waals surface area contributed by atoms with Gasteiger partial charge in [-0.05, 0) is 53.9 Å². The monoisotopic (exact) mass is 479 g/mol. The lowest BCUT2D eigenvalue weighted by Gasteiger charge is -2.41. The summed E-state index contributed by atoms with van der Waals surface area (Å²) < 4.78 is 41.9. The normalized spacial score (nSPS) is 19.0. The van der Waals surface area contributed by atoms with Crippen LogP contribution in [0.25, 0.3) is 0 Å². The number of piperazine rings is 1. The lowest BCUT2D eigenvalue weighted by atomic mass is 9.95. The Kier molecular flexibility index (Phi) is 6.10. The van der Waals surface area contributed by atoms with Crippen molar-refractivity contribution in [1.29, 1.82) is 0 Å². The van der Waals surface area contributed by atoms with Crippen LogP contribution in [0.3, 0.4) is 0 Å². The Balaban J connectivity index is 1.41. The van der Waals surface area contributed by atoms with E-state index in [2.05, 4.69) is 4.90 Å². The van der Waals surface area contributed by atoms with Crippen LogP contribution in [0.15, 0.2) is 83.8 Å². The van der Waals surface area contributed by atoms with Gasteiger partial charge in [0, 0.05) is 38.4 Å². The SMILES string of the molecule is O=C([C@@H]1Cc2ccccc2CN1S(=O)(=O)c1ccc(F)cc1)N1CCN(c2ccccc2)CC1. The summed E-state index contributed by atoms with van der Waals surface area (Å²) in [6.07, 6.45) is 0.314. The number of para-hydroxylation sites is 1. The molecular formula is C26H26FN3O3S. The van der Waals surface area contributed by atoms with Gasteiger partial charge in [-0.1, -0.05) is 42.5 Å². The Labute approximate surface area is 199 Å². The molecule has 34 heavy (non-hydrogen) atoms. The van der Waals surface area contributed by atoms with Gasteiger partial charge >= 0.3 is 0 Å². The number of amides is 1. The molecule has 176 valence electrons. The highest BCUT2D eigenvalue weighted by Crippen LogP contribution is 2.30. The average Bonchev–Trinajstić information content (AvgIpc) is 2.88. The van der Waals surface area contributed by atoms with Crippen molar-refractivity contribution in [3.05, 3.63) is 95.8 Å². The molecule has 2 aliphatic heterocycles. The Morgan fingerprint density at radius 2 is 1.41 bits per heavy atom. The van der Waals surface area contributed by atoms with Crippen LogP contribution in [0.4, 0.5) is 10.1 Å². The molecule has 0 aliphatic carbocycles. The Bertz CT molecular complexity index is 1270. The molecule has 6 nitrogen and oxygen atoms in total. The van der Waals surface area contributed by atoms with Gasteiger partial charge in [-0.15, -0.1) is 0 Å². The molecule has 0 bridgehead atoms. The maximum absolute atomic E-state index is 13.7. The highest BCUT2D eigenvalue weighted by Gasteiger charge is 2.41. The van der Waals surface area contributed by atoms with E-state index in [0.717, 1.165) is 28.9 Å². The fourth-order valence-electron chi connectivity index (χ4n) is 4.74. The van der Waals surface area contributed by atoms with Crippen molar-refractivity contribution in [3.63, 3.8) is 0 Å². The summed E-state index contributed by atoms with van der Waals surface area (Å²) in [6, 6.07) is 21.6. The summed E-state index contributed by atoms with van der Waals surface area (Å²) in [5, 5.41) is 0. The van der Waals surface area contributed by atoms with Gasteiger partial charge in [0.15, 0.2) is 0 Å². The lowest BCUT2D eigenvalue weighted by Crippen LogP contribution is -2.57. The Hall–Kier alpha value is -3.23. The van der Waals surface area contributed by atoms with Crippen molar-refractivity contribution in [2.24, 2.45) is 0 Å². The van der Waals surface area contributed by atoms with E-state index in [-0.39, 0.29) is 17.3 Å². The molecule has 0 spiro atoms. The number of hydrogen-bond donors (Lipinski definition) is 0. The minimum atomic E-state index is -4.00. The van der Waals surface area contributed by atoms with Crippen molar-refractivity contribution >= 4 is 21.6 Å². The number of hydrogen-bond acceptors (Lipinski definition) is 4. The molecule has 0 unspecified atom stereocenters. The molecule has 0 saturated carbocycles. The zero-order chi connectivity index (χ0) is 23.7. The van der Waals surface area contributed by atoms with Gasteiger partial charge in [-0.25, -0.2) is 12.8 Å². The fourth-order valence-corrected chi connectivity index (χ4v) is 6.30. The maximum atomic E-state index is 13.7. The number of carbonyl (C=O) groups excluding carboxylic acids is 1. The van der Waals surface area contributed by atoms with Crippen molar-refractivity contribution in [2.45, 2.75) is 23.9 Å². The van der Waals surface area contributed by atoms with E-state index in [4.69, 9.17) is 0 Å². The van der Waals surface area contributed by atoms with Crippen LogP contribution in [0.2, 0.25) is 0 Å². The zero-order valence-electron chi connectivity index (χ0n) is 18.7. The molecule has 1 saturated heterocycles. The molecule has 0 N–H and O–H groups in total. The van der Waals surface area contributed by atoms with Crippen molar-refractivity contribution in [3.8, 4) is 0 Å². The van der Waals surface area contributed by atoms with Crippen LogP contribution in [0, 0.1) is 5.82 Å². The smallest absolute Gasteiger partial charge is 0.244 e. The van der Waals surface area contributed by atoms with E-state index in [1.54, 1.807) is 4.90 Å². The van der Waals surface area contributed by atoms with Crippen LogP contribution in [0.1, 0.15) is 11.1 Å². The van der Waals surface area contributed by atoms with E-state index in [0.29, 0.717) is 32.6 Å². The van der Waals surface area contributed by atoms with Crippen LogP contribution < -0.4 is 4.90 Å². The van der Waals surface area contributed by atoms with Crippen LogP contribution in [-0.2, 0) is 27.8 Å². The number of halogens is 1. The molecule has 3 aromatic carbocycles. The number of anilines is 1. The first-order chi connectivity index (χ1) is 16.4. The minimum absolute atomic E-state index is 0.0139. The summed E-state index contributed by atoms with van der Waals surface area (Å²) >= 11 is 0. The summed E-state index contributed by atoms with van der Waals surface area (Å²) in [6.45, 7) is 2.52. The topological polar surface area (TPSA) is 60.9 Å². The molecule has 3 aromatic rings. The van der Waals surface area contributed by atoms with Crippen molar-refractivity contribution in [2.75, 3.05) is 31.1 Å². The molecule has 5 rings (SSSR count). The highest BCUT2D eigenvalue weighted by atomic mass is 32.2. The second-order valence-electron chi connectivity index (χ2n) is 8.64. The van der Waals surface area contributed by atoms with Gasteiger partial charge in [0.05, 0.1) is 4.90 Å². The third kappa shape index (κ3) is 4.31. The Morgan fingerprint density at radius 1 is 0.794 bits per heavy atom. The number of rotatable bonds is 4. The number of nitrogens with zero attached hydrogens (tertiary/aromatic N) is 3. The molecule has 0 aromatic heterocycles. The van der Waals surface area contributed by atoms with Crippen LogP contribution in [-0.4, -0.2) is 55.8 Å². The van der Waals surface area contributed by atoms with E-state index < -0.39 is 21.9 Å². The van der Waals surface area contributed by atoms with Gasteiger partial charge in [0.25, 0.3) is 0 Å². The maximum Gasteiger partial charge on any atom is 0.244 e. The van der Waals surface area contributed by atoms with Crippen LogP contribution in [0.5, 0.6) is 0 Å². The minimum Gasteiger partial charge on any atom is -0.368 e. The lowest BCUT2D eigenvalue weighted by molar-refractivity contribution is -0.136. The predicted octanol–water partition coefficient (Wildman–Crippen LogP) is 3.29. The molecule has 0 radical (unpaired) electrons. The first kappa shape index (κ1) is 22.6. The molecule has 1 fully saturated rings. The van der Waals surface area contributed by atoms with E-state index in [9.17, 15) is 17.6 Å². The first-order valence-corrected chi connectivity index (χ1v) is 12.8. The zero-order valence-corrected chi connectivity index (χ0v) is 19.5. The van der Waals surface area contributed by atoms with Crippen molar-refractivity contribution < 1.29 is 17.6 Å². The highest BCUT2D eigenvalue weighted by molar-refractivity contribution is 7.89. The largest absolute Gasteiger partial charge is 0.368 e. The third-order valence-electron chi connectivity index (χ3n) is 6.62. The van der Waals surface area contributed by atoms with Crippen LogP contribution >= 0.6 is 0 Å². The van der Waals surface area contributed by atoms with Gasteiger partial charge in [0.1, 0.15) is 11.9 Å². The first-order valence-electron chi connectivity index (χ1n) is 11.4. The quantitative estimate of drug-likeness (QED) is 0.576. The van der Waals surface area contributed by atoms with Gasteiger partial charge in [-0.2, -0.15) is 4.31 Å². The number of fused-ring (bicyclic) bond motifs is 1. The number of benzene rings is 3. The summed E-state index contributed by atoms with van der Waals surface area (Å²) in [4.78, 5) is 17.7. The van der Waals surface area contributed by atoms with Gasteiger partial charge in [-0.3, -0.25) is 4.79 Å². The summed E-state index contributed by atoms with van der Waals surface area (Å²) in [5.41, 5.74) is 2.97. The molecule has 1 amide bonds. The summed E-state index contributed by atoms with van der Waals surface area (Å²) in [5.74, 6) is -0.695. The standard InChI is InChI=1S/C26H26FN3O3S/c27-22-10-12-24(13-11-22)34(32,33)30-19-21-7-5-4-6-20(21)18-25(30)26(31)29-16-14-28(15-17-29)23-8-2-1-3-9-23/h1-13,25H,14-19H2/t25-/m0/s1. The number of carbonyl (C=O) groups is 1. The molecule has 2 aliphatic rings. The van der Waals surface area contributed by atoms with E-state index in [1.165, 1.54) is 16.4 Å². The fraction of sp³-hybridized carbons (Fsp3) is 0.269. The van der Waals surface area contributed by atoms with Crippen molar-refractivity contribution in [1.82, 2.24) is 9.21 Å². The number of sulfonamides is 1. The second-order valence-corrected chi connectivity index (χ2v) is 10.5. The van der Waals surface area contributed by atoms with Gasteiger partial charge < -0.3 is 9.80 Å². The molecule has 1 atom stereocenters. The molecular weight excluding hydrogens is 453 g/mol. The van der Waals surface area contributed by atoms with E-state index >= 15 is 0 Å². The summed E-state index contributed by atoms with van der Waals surface area (Å²) in [7, 11) is -4.00. The van der Waals surface area contributed by atoms with Gasteiger partial charge in [0.2, 0.25) is 15.9 Å².